The number of hydrogen-bond donors (Lipinski definition) is 3. The van der Waals surface area contributed by atoms with E-state index in [-0.39, 0.29) is 17.4 Å². The standard InChI is InChI=1S/C20H26N4O3S/c1-13(2)10-16(12-25)24-28(26,27)17-6-4-15(5-7-17)11-19-20-18(8-9-21-19)22-14(3)23-20/h4-9,13,16,21,24-25H,10-12H2,1-3H3/t16-/m0/s1. The first-order valence-corrected chi connectivity index (χ1v) is 10.8. The lowest BCUT2D eigenvalue weighted by Crippen LogP contribution is -2.38. The van der Waals surface area contributed by atoms with Gasteiger partial charge in [0.15, 0.2) is 0 Å². The smallest absolute Gasteiger partial charge is 0.240 e. The minimum Gasteiger partial charge on any atom is -0.395 e. The second-order valence-corrected chi connectivity index (χ2v) is 9.13. The molecule has 8 heteroatoms. The number of aliphatic hydroxyl groups is 1. The summed E-state index contributed by atoms with van der Waals surface area (Å²) in [5.41, 5.74) is 3.57. The molecular weight excluding hydrogens is 376 g/mol. The number of sulfonamides is 1. The van der Waals surface area contributed by atoms with E-state index in [1.807, 2.05) is 33.0 Å². The number of H-pyrrole nitrogens is 1. The molecule has 150 valence electrons. The van der Waals surface area contributed by atoms with Gasteiger partial charge in [-0.2, -0.15) is 0 Å². The summed E-state index contributed by atoms with van der Waals surface area (Å²) in [5.74, 6) is 1.01. The maximum Gasteiger partial charge on any atom is 0.240 e. The highest BCUT2D eigenvalue weighted by Crippen LogP contribution is 2.24. The average molecular weight is 403 g/mol. The molecule has 2 aliphatic rings. The van der Waals surface area contributed by atoms with E-state index < -0.39 is 16.1 Å². The molecular formula is C20H26N4O3S. The molecule has 0 fully saturated rings. The summed E-state index contributed by atoms with van der Waals surface area (Å²) in [6.07, 6.45) is 3.00. The molecule has 0 saturated heterocycles. The highest BCUT2D eigenvalue weighted by Gasteiger charge is 2.20. The Kier molecular flexibility index (Phi) is 6.12. The van der Waals surface area contributed by atoms with Gasteiger partial charge in [-0.15, -0.1) is 0 Å². The Morgan fingerprint density at radius 2 is 1.86 bits per heavy atom. The molecule has 0 saturated carbocycles. The quantitative estimate of drug-likeness (QED) is 0.536. The van der Waals surface area contributed by atoms with Crippen LogP contribution in [0.1, 0.15) is 37.4 Å². The fraction of sp³-hybridized carbons (Fsp3) is 0.400. The molecule has 0 aromatic heterocycles. The molecule has 3 rings (SSSR count). The molecule has 0 radical (unpaired) electrons. The number of nitrogens with one attached hydrogen (secondary N) is 2. The zero-order valence-electron chi connectivity index (χ0n) is 16.3. The van der Waals surface area contributed by atoms with Crippen molar-refractivity contribution >= 4 is 10.0 Å². The molecule has 0 bridgehead atoms. The molecule has 2 aliphatic heterocycles. The van der Waals surface area contributed by atoms with Crippen molar-refractivity contribution in [1.82, 2.24) is 19.7 Å². The third-order valence-corrected chi connectivity index (χ3v) is 6.03. The summed E-state index contributed by atoms with van der Waals surface area (Å²) in [4.78, 5) is 12.2. The van der Waals surface area contributed by atoms with Crippen molar-refractivity contribution in [3.63, 3.8) is 0 Å². The van der Waals surface area contributed by atoms with Gasteiger partial charge in [0.25, 0.3) is 0 Å². The van der Waals surface area contributed by atoms with Crippen molar-refractivity contribution in [2.75, 3.05) is 6.61 Å². The molecule has 1 atom stereocenters. The van der Waals surface area contributed by atoms with Gasteiger partial charge in [0.2, 0.25) is 10.0 Å². The van der Waals surface area contributed by atoms with Crippen LogP contribution in [0.5, 0.6) is 0 Å². The summed E-state index contributed by atoms with van der Waals surface area (Å²) in [7, 11) is -3.68. The zero-order chi connectivity index (χ0) is 20.3. The van der Waals surface area contributed by atoms with Crippen LogP contribution in [0.25, 0.3) is 11.4 Å². The lowest BCUT2D eigenvalue weighted by molar-refractivity contribution is 0.240. The van der Waals surface area contributed by atoms with Crippen LogP contribution in [-0.2, 0) is 16.4 Å². The summed E-state index contributed by atoms with van der Waals surface area (Å²) in [6, 6.07) is 8.15. The molecule has 0 unspecified atom stereocenters. The van der Waals surface area contributed by atoms with E-state index in [2.05, 4.69) is 19.7 Å². The van der Waals surface area contributed by atoms with Gasteiger partial charge in [-0.1, -0.05) is 26.0 Å². The molecule has 1 aromatic carbocycles. The van der Waals surface area contributed by atoms with Crippen LogP contribution in [0.15, 0.2) is 41.4 Å². The van der Waals surface area contributed by atoms with Crippen LogP contribution in [0.3, 0.4) is 0 Å². The number of pyridine rings is 1. The van der Waals surface area contributed by atoms with Crippen molar-refractivity contribution < 1.29 is 13.5 Å². The molecule has 1 aromatic rings. The number of aromatic amines is 1. The SMILES string of the molecule is Cc1nc2cc[nH]c(Cc3ccc(S(=O)(=O)N[C@H](CO)CC(C)C)cc3)c-2n1. The molecule has 0 aliphatic carbocycles. The van der Waals surface area contributed by atoms with Crippen LogP contribution in [0.4, 0.5) is 0 Å². The van der Waals surface area contributed by atoms with Crippen LogP contribution in [0.2, 0.25) is 0 Å². The predicted molar refractivity (Wildman–Crippen MR) is 108 cm³/mol. The number of aryl methyl sites for hydroxylation is 1. The summed E-state index contributed by atoms with van der Waals surface area (Å²) < 4.78 is 27.8. The summed E-state index contributed by atoms with van der Waals surface area (Å²) in [6.45, 7) is 5.61. The van der Waals surface area contributed by atoms with Gasteiger partial charge in [0.05, 0.1) is 17.2 Å². The van der Waals surface area contributed by atoms with Crippen molar-refractivity contribution in [3.8, 4) is 11.4 Å². The highest BCUT2D eigenvalue weighted by atomic mass is 32.2. The van der Waals surface area contributed by atoms with Crippen molar-refractivity contribution in [2.45, 2.75) is 44.6 Å². The number of aromatic nitrogens is 3. The first-order chi connectivity index (χ1) is 13.3. The monoisotopic (exact) mass is 402 g/mol. The summed E-state index contributed by atoms with van der Waals surface area (Å²) >= 11 is 0. The number of nitrogens with zero attached hydrogens (tertiary/aromatic N) is 2. The van der Waals surface area contributed by atoms with E-state index in [0.29, 0.717) is 12.8 Å². The first-order valence-electron chi connectivity index (χ1n) is 9.31. The number of fused-ring (bicyclic) bond motifs is 1. The number of rotatable bonds is 8. The van der Waals surface area contributed by atoms with Gasteiger partial charge in [-0.05, 0) is 43.0 Å². The second-order valence-electron chi connectivity index (χ2n) is 7.41. The first kappa shape index (κ1) is 20.4. The van der Waals surface area contributed by atoms with Gasteiger partial charge < -0.3 is 10.1 Å². The minimum absolute atomic E-state index is 0.185. The van der Waals surface area contributed by atoms with Crippen molar-refractivity contribution in [1.29, 1.82) is 0 Å². The summed E-state index contributed by atoms with van der Waals surface area (Å²) in [5, 5.41) is 9.44. The fourth-order valence-electron chi connectivity index (χ4n) is 3.24. The predicted octanol–water partition coefficient (Wildman–Crippen LogP) is 2.49. The third kappa shape index (κ3) is 4.76. The lowest BCUT2D eigenvalue weighted by atomic mass is 10.1. The Bertz CT molecular complexity index is 997. The van der Waals surface area contributed by atoms with Crippen LogP contribution >= 0.6 is 0 Å². The lowest BCUT2D eigenvalue weighted by Gasteiger charge is -2.18. The third-order valence-electron chi connectivity index (χ3n) is 4.50. The van der Waals surface area contributed by atoms with Crippen LogP contribution in [0, 0.1) is 12.8 Å². The van der Waals surface area contributed by atoms with Gasteiger partial charge in [-0.3, -0.25) is 0 Å². The molecule has 0 spiro atoms. The van der Waals surface area contributed by atoms with E-state index >= 15 is 0 Å². The van der Waals surface area contributed by atoms with Gasteiger partial charge >= 0.3 is 0 Å². The van der Waals surface area contributed by atoms with Gasteiger partial charge in [-0.25, -0.2) is 23.1 Å². The number of imidazole rings is 1. The Morgan fingerprint density at radius 3 is 2.50 bits per heavy atom. The number of benzene rings is 1. The molecule has 3 N–H and O–H groups in total. The highest BCUT2D eigenvalue weighted by molar-refractivity contribution is 7.89. The molecule has 7 nitrogen and oxygen atoms in total. The van der Waals surface area contributed by atoms with E-state index in [0.717, 1.165) is 28.5 Å². The molecule has 28 heavy (non-hydrogen) atoms. The maximum absolute atomic E-state index is 12.6. The van der Waals surface area contributed by atoms with E-state index in [1.165, 1.54) is 0 Å². The van der Waals surface area contributed by atoms with Gasteiger partial charge in [0.1, 0.15) is 11.5 Å². The normalized spacial score (nSPS) is 13.3. The van der Waals surface area contributed by atoms with E-state index in [4.69, 9.17) is 0 Å². The fourth-order valence-corrected chi connectivity index (χ4v) is 4.48. The topological polar surface area (TPSA) is 108 Å². The molecule has 2 heterocycles. The van der Waals surface area contributed by atoms with Crippen molar-refractivity contribution in [3.05, 3.63) is 53.6 Å². The number of hydrogen-bond acceptors (Lipinski definition) is 5. The second kappa shape index (κ2) is 8.38. The average Bonchev–Trinajstić information content (AvgIpc) is 3.02. The number of aliphatic hydroxyl groups excluding tert-OH is 1. The van der Waals surface area contributed by atoms with Gasteiger partial charge in [0, 0.05) is 24.4 Å². The maximum atomic E-state index is 12.6. The minimum atomic E-state index is -3.68. The van der Waals surface area contributed by atoms with Crippen molar-refractivity contribution in [2.24, 2.45) is 5.92 Å². The largest absolute Gasteiger partial charge is 0.395 e. The van der Waals surface area contributed by atoms with E-state index in [9.17, 15) is 13.5 Å². The van der Waals surface area contributed by atoms with Crippen LogP contribution in [-0.4, -0.2) is 41.1 Å². The van der Waals surface area contributed by atoms with E-state index in [1.54, 1.807) is 24.3 Å². The Morgan fingerprint density at radius 1 is 1.14 bits per heavy atom. The molecule has 0 amide bonds. The zero-order valence-corrected chi connectivity index (χ0v) is 17.1. The Labute approximate surface area is 165 Å². The Balaban J connectivity index is 1.75. The van der Waals surface area contributed by atoms with Crippen LogP contribution < -0.4 is 4.72 Å². The Hall–Kier alpha value is -2.29.